The first-order valence-corrected chi connectivity index (χ1v) is 7.91. The Morgan fingerprint density at radius 3 is 2.50 bits per heavy atom. The monoisotopic (exact) mass is 331 g/mol. The van der Waals surface area contributed by atoms with Gasteiger partial charge in [0.15, 0.2) is 0 Å². The molecular weight excluding hydrogens is 310 g/mol. The summed E-state index contributed by atoms with van der Waals surface area (Å²) in [5, 5.41) is 2.99. The summed E-state index contributed by atoms with van der Waals surface area (Å²) in [5.74, 6) is 0.0366. The van der Waals surface area contributed by atoms with Gasteiger partial charge in [-0.1, -0.05) is 36.7 Å². The largest absolute Gasteiger partial charge is 0.350 e. The number of carbonyl (C=O) groups excluding carboxylic acids is 1. The van der Waals surface area contributed by atoms with Gasteiger partial charge in [0.05, 0.1) is 4.88 Å². The number of amides is 1. The van der Waals surface area contributed by atoms with Gasteiger partial charge in [-0.15, -0.1) is 11.3 Å². The molecular formula is C14H22BrNOS. The number of alkyl halides is 1. The lowest BCUT2D eigenvalue weighted by Crippen LogP contribution is -2.30. The number of aryl methyl sites for hydroxylation is 2. The van der Waals surface area contributed by atoms with Crippen molar-refractivity contribution in [1.29, 1.82) is 0 Å². The van der Waals surface area contributed by atoms with Gasteiger partial charge in [0, 0.05) is 16.2 Å². The Balaban J connectivity index is 2.46. The highest BCUT2D eigenvalue weighted by Crippen LogP contribution is 2.24. The molecule has 0 saturated carbocycles. The van der Waals surface area contributed by atoms with Gasteiger partial charge in [-0.3, -0.25) is 4.79 Å². The summed E-state index contributed by atoms with van der Waals surface area (Å²) in [7, 11) is 0. The van der Waals surface area contributed by atoms with Gasteiger partial charge in [-0.25, -0.2) is 0 Å². The third-order valence-corrected chi connectivity index (χ3v) is 4.51. The van der Waals surface area contributed by atoms with Crippen LogP contribution in [0.4, 0.5) is 0 Å². The van der Waals surface area contributed by atoms with Gasteiger partial charge in [-0.2, -0.15) is 0 Å². The Morgan fingerprint density at radius 2 is 2.06 bits per heavy atom. The molecule has 1 unspecified atom stereocenters. The van der Waals surface area contributed by atoms with Crippen LogP contribution < -0.4 is 5.32 Å². The smallest absolute Gasteiger partial charge is 0.261 e. The summed E-state index contributed by atoms with van der Waals surface area (Å²) in [6, 6.07) is 1.96. The van der Waals surface area contributed by atoms with Crippen LogP contribution in [0.3, 0.4) is 0 Å². The molecule has 0 radical (unpaired) electrons. The Hall–Kier alpha value is -0.350. The first kappa shape index (κ1) is 15.7. The van der Waals surface area contributed by atoms with Crippen LogP contribution in [0.5, 0.6) is 0 Å². The second-order valence-electron chi connectivity index (χ2n) is 5.92. The molecule has 1 N–H and O–H groups in total. The van der Waals surface area contributed by atoms with E-state index in [2.05, 4.69) is 42.0 Å². The molecule has 1 amide bonds. The molecule has 0 aromatic carbocycles. The molecule has 1 atom stereocenters. The molecule has 0 aliphatic heterocycles. The molecule has 102 valence electrons. The van der Waals surface area contributed by atoms with E-state index in [9.17, 15) is 4.79 Å². The highest BCUT2D eigenvalue weighted by atomic mass is 79.9. The topological polar surface area (TPSA) is 29.1 Å². The molecule has 1 rings (SSSR count). The lowest BCUT2D eigenvalue weighted by Gasteiger charge is -2.22. The average Bonchev–Trinajstić information content (AvgIpc) is 2.53. The van der Waals surface area contributed by atoms with Crippen molar-refractivity contribution in [3.8, 4) is 0 Å². The van der Waals surface area contributed by atoms with E-state index in [1.165, 1.54) is 10.4 Å². The van der Waals surface area contributed by atoms with Gasteiger partial charge in [0.2, 0.25) is 0 Å². The van der Waals surface area contributed by atoms with Crippen LogP contribution >= 0.6 is 27.3 Å². The molecule has 0 fully saturated rings. The van der Waals surface area contributed by atoms with Crippen molar-refractivity contribution in [2.24, 2.45) is 5.41 Å². The summed E-state index contributed by atoms with van der Waals surface area (Å²) in [5.41, 5.74) is 1.46. The van der Waals surface area contributed by atoms with Crippen LogP contribution in [-0.2, 0) is 0 Å². The first-order valence-electron chi connectivity index (χ1n) is 6.18. The first-order chi connectivity index (χ1) is 8.19. The molecule has 1 aromatic heterocycles. The normalized spacial score (nSPS) is 13.4. The number of thiophene rings is 1. The van der Waals surface area contributed by atoms with Crippen molar-refractivity contribution < 1.29 is 4.79 Å². The Labute approximate surface area is 122 Å². The van der Waals surface area contributed by atoms with E-state index in [0.29, 0.717) is 11.4 Å². The Morgan fingerprint density at radius 1 is 1.44 bits per heavy atom. The van der Waals surface area contributed by atoms with E-state index in [1.54, 1.807) is 11.3 Å². The molecule has 18 heavy (non-hydrogen) atoms. The van der Waals surface area contributed by atoms with Gasteiger partial charge in [0.1, 0.15) is 0 Å². The van der Waals surface area contributed by atoms with Crippen LogP contribution in [0.25, 0.3) is 0 Å². The summed E-state index contributed by atoms with van der Waals surface area (Å²) in [6.07, 6.45) is 1.04. The zero-order valence-electron chi connectivity index (χ0n) is 11.8. The van der Waals surface area contributed by atoms with Crippen molar-refractivity contribution in [1.82, 2.24) is 5.32 Å². The molecule has 0 aliphatic rings. The molecule has 2 nitrogen and oxygen atoms in total. The van der Waals surface area contributed by atoms with Crippen molar-refractivity contribution >= 4 is 33.2 Å². The van der Waals surface area contributed by atoms with Gasteiger partial charge < -0.3 is 5.32 Å². The molecule has 0 aliphatic carbocycles. The number of hydrogen-bond donors (Lipinski definition) is 1. The minimum Gasteiger partial charge on any atom is -0.350 e. The maximum absolute atomic E-state index is 12.0. The Kier molecular flexibility index (Phi) is 5.41. The average molecular weight is 332 g/mol. The van der Waals surface area contributed by atoms with Crippen molar-refractivity contribution in [2.75, 3.05) is 6.54 Å². The summed E-state index contributed by atoms with van der Waals surface area (Å²) >= 11 is 5.18. The van der Waals surface area contributed by atoms with Gasteiger partial charge in [-0.05, 0) is 37.3 Å². The minimum atomic E-state index is 0.0366. The minimum absolute atomic E-state index is 0.0366. The number of nitrogens with one attached hydrogen (secondary N) is 1. The number of hydrogen-bond acceptors (Lipinski definition) is 2. The van der Waals surface area contributed by atoms with E-state index in [1.807, 2.05) is 19.9 Å². The molecule has 1 heterocycles. The van der Waals surface area contributed by atoms with E-state index >= 15 is 0 Å². The molecule has 4 heteroatoms. The molecule has 0 spiro atoms. The summed E-state index contributed by atoms with van der Waals surface area (Å²) in [6.45, 7) is 11.4. The van der Waals surface area contributed by atoms with Crippen LogP contribution in [0.2, 0.25) is 0 Å². The maximum Gasteiger partial charge on any atom is 0.261 e. The fourth-order valence-corrected chi connectivity index (χ4v) is 3.80. The Bertz CT molecular complexity index is 400. The number of carbonyl (C=O) groups is 1. The second-order valence-corrected chi connectivity index (χ2v) is 8.47. The van der Waals surface area contributed by atoms with Crippen LogP contribution in [-0.4, -0.2) is 17.3 Å². The van der Waals surface area contributed by atoms with Crippen molar-refractivity contribution in [2.45, 2.75) is 45.9 Å². The van der Waals surface area contributed by atoms with Crippen LogP contribution in [0.1, 0.15) is 47.3 Å². The molecule has 0 saturated heterocycles. The summed E-state index contributed by atoms with van der Waals surface area (Å²) in [4.78, 5) is 14.3. The van der Waals surface area contributed by atoms with Gasteiger partial charge >= 0.3 is 0 Å². The predicted molar refractivity (Wildman–Crippen MR) is 82.9 cm³/mol. The maximum atomic E-state index is 12.0. The highest BCUT2D eigenvalue weighted by Gasteiger charge is 2.18. The van der Waals surface area contributed by atoms with Crippen molar-refractivity contribution in [3.63, 3.8) is 0 Å². The third kappa shape index (κ3) is 5.11. The SMILES string of the molecule is Cc1cc(C(=O)NCC(Br)CC(C)(C)C)sc1C. The number of rotatable bonds is 4. The highest BCUT2D eigenvalue weighted by molar-refractivity contribution is 9.09. The fraction of sp³-hybridized carbons (Fsp3) is 0.643. The van der Waals surface area contributed by atoms with E-state index in [0.717, 1.165) is 11.3 Å². The lowest BCUT2D eigenvalue weighted by molar-refractivity contribution is 0.0956. The standard InChI is InChI=1S/C14H22BrNOS/c1-9-6-12(18-10(9)2)13(17)16-8-11(15)7-14(3,4)5/h6,11H,7-8H2,1-5H3,(H,16,17). The van der Waals surface area contributed by atoms with Crippen LogP contribution in [0.15, 0.2) is 6.07 Å². The van der Waals surface area contributed by atoms with E-state index < -0.39 is 0 Å². The zero-order chi connectivity index (χ0) is 13.9. The van der Waals surface area contributed by atoms with Crippen LogP contribution in [0, 0.1) is 19.3 Å². The van der Waals surface area contributed by atoms with E-state index in [-0.39, 0.29) is 11.3 Å². The number of halogens is 1. The predicted octanol–water partition coefficient (Wildman–Crippen LogP) is 4.29. The third-order valence-electron chi connectivity index (χ3n) is 2.71. The molecule has 0 bridgehead atoms. The van der Waals surface area contributed by atoms with E-state index in [4.69, 9.17) is 0 Å². The van der Waals surface area contributed by atoms with Gasteiger partial charge in [0.25, 0.3) is 5.91 Å². The second kappa shape index (κ2) is 6.20. The quantitative estimate of drug-likeness (QED) is 0.819. The zero-order valence-corrected chi connectivity index (χ0v) is 14.2. The molecule has 1 aromatic rings. The lowest BCUT2D eigenvalue weighted by atomic mass is 9.90. The summed E-state index contributed by atoms with van der Waals surface area (Å²) < 4.78 is 0. The van der Waals surface area contributed by atoms with Crippen molar-refractivity contribution in [3.05, 3.63) is 21.4 Å². The fourth-order valence-electron chi connectivity index (χ4n) is 1.71.